The number of ether oxygens (including phenoxy) is 2. The van der Waals surface area contributed by atoms with Crippen molar-refractivity contribution in [3.8, 4) is 5.75 Å². The number of methoxy groups -OCH3 is 1. The quantitative estimate of drug-likeness (QED) is 0.733. The molecule has 0 spiro atoms. The Hall–Kier alpha value is -1.96. The van der Waals surface area contributed by atoms with Crippen LogP contribution in [-0.4, -0.2) is 51.0 Å². The molecule has 2 amide bonds. The molecule has 0 aliphatic rings. The zero-order chi connectivity index (χ0) is 18.2. The summed E-state index contributed by atoms with van der Waals surface area (Å²) in [7, 11) is 3.29. The Morgan fingerprint density at radius 1 is 1.29 bits per heavy atom. The fourth-order valence-corrected chi connectivity index (χ4v) is 1.94. The number of halogens is 3. The number of alkyl halides is 3. The zero-order valence-electron chi connectivity index (χ0n) is 14.0. The summed E-state index contributed by atoms with van der Waals surface area (Å²) in [5.41, 5.74) is 0.771. The predicted molar refractivity (Wildman–Crippen MR) is 84.1 cm³/mol. The van der Waals surface area contributed by atoms with Gasteiger partial charge >= 0.3 is 12.2 Å². The molecule has 1 N–H and O–H groups in total. The number of hydrogen-bond donors (Lipinski definition) is 1. The average Bonchev–Trinajstić information content (AvgIpc) is 2.52. The van der Waals surface area contributed by atoms with Gasteiger partial charge in [0.15, 0.2) is 6.61 Å². The predicted octanol–water partition coefficient (Wildman–Crippen LogP) is 3.37. The number of rotatable bonds is 8. The van der Waals surface area contributed by atoms with Crippen molar-refractivity contribution in [3.05, 3.63) is 29.8 Å². The van der Waals surface area contributed by atoms with Crippen LogP contribution in [0.5, 0.6) is 5.75 Å². The topological polar surface area (TPSA) is 50.8 Å². The third-order valence-electron chi connectivity index (χ3n) is 3.31. The Labute approximate surface area is 139 Å². The van der Waals surface area contributed by atoms with Gasteiger partial charge in [0.25, 0.3) is 0 Å². The van der Waals surface area contributed by atoms with E-state index in [1.807, 2.05) is 0 Å². The fourth-order valence-electron chi connectivity index (χ4n) is 1.94. The lowest BCUT2D eigenvalue weighted by molar-refractivity contribution is -0.153. The normalized spacial score (nSPS) is 12.6. The first kappa shape index (κ1) is 20.1. The lowest BCUT2D eigenvalue weighted by Crippen LogP contribution is -2.39. The molecule has 8 heteroatoms. The minimum atomic E-state index is -4.37. The first-order valence-electron chi connectivity index (χ1n) is 7.53. The second kappa shape index (κ2) is 9.36. The number of urea groups is 1. The standard InChI is InChI=1S/C16H23F3N2O3/c1-12(20-15(22)21(2)9-4-10-23-3)13-5-7-14(8-6-13)24-11-16(17,18)19/h5-8,12H,4,9-11H2,1-3H3,(H,20,22). The summed E-state index contributed by atoms with van der Waals surface area (Å²) < 4.78 is 45.9. The number of benzene rings is 1. The lowest BCUT2D eigenvalue weighted by atomic mass is 10.1. The Morgan fingerprint density at radius 2 is 1.92 bits per heavy atom. The van der Waals surface area contributed by atoms with Crippen molar-refractivity contribution in [2.24, 2.45) is 0 Å². The van der Waals surface area contributed by atoms with Crippen molar-refractivity contribution < 1.29 is 27.4 Å². The van der Waals surface area contributed by atoms with E-state index < -0.39 is 12.8 Å². The van der Waals surface area contributed by atoms with Crippen LogP contribution < -0.4 is 10.1 Å². The highest BCUT2D eigenvalue weighted by Crippen LogP contribution is 2.21. The van der Waals surface area contributed by atoms with E-state index >= 15 is 0 Å². The lowest BCUT2D eigenvalue weighted by Gasteiger charge is -2.21. The molecule has 0 saturated heterocycles. The van der Waals surface area contributed by atoms with Crippen LogP contribution in [0, 0.1) is 0 Å². The SMILES string of the molecule is COCCCN(C)C(=O)NC(C)c1ccc(OCC(F)(F)F)cc1. The number of nitrogens with zero attached hydrogens (tertiary/aromatic N) is 1. The minimum absolute atomic E-state index is 0.131. The van der Waals surface area contributed by atoms with Crippen LogP contribution in [0.1, 0.15) is 24.9 Å². The van der Waals surface area contributed by atoms with E-state index in [2.05, 4.69) is 10.1 Å². The summed E-state index contributed by atoms with van der Waals surface area (Å²) in [6.45, 7) is 1.61. The molecular formula is C16H23F3N2O3. The zero-order valence-corrected chi connectivity index (χ0v) is 14.0. The van der Waals surface area contributed by atoms with Gasteiger partial charge in [-0.2, -0.15) is 13.2 Å². The van der Waals surface area contributed by atoms with Gasteiger partial charge in [0, 0.05) is 27.3 Å². The highest BCUT2D eigenvalue weighted by atomic mass is 19.4. The number of nitrogens with one attached hydrogen (secondary N) is 1. The molecule has 0 radical (unpaired) electrons. The van der Waals surface area contributed by atoms with Gasteiger partial charge in [0.2, 0.25) is 0 Å². The maximum atomic E-state index is 12.1. The van der Waals surface area contributed by atoms with Crippen LogP contribution >= 0.6 is 0 Å². The van der Waals surface area contributed by atoms with Crippen LogP contribution in [0.25, 0.3) is 0 Å². The van der Waals surface area contributed by atoms with E-state index in [0.717, 1.165) is 12.0 Å². The van der Waals surface area contributed by atoms with E-state index in [-0.39, 0.29) is 17.8 Å². The number of carbonyl (C=O) groups is 1. The van der Waals surface area contributed by atoms with Crippen molar-refractivity contribution in [1.29, 1.82) is 0 Å². The van der Waals surface area contributed by atoms with Gasteiger partial charge in [0.05, 0.1) is 6.04 Å². The molecule has 0 saturated carbocycles. The van der Waals surface area contributed by atoms with E-state index in [9.17, 15) is 18.0 Å². The van der Waals surface area contributed by atoms with Crippen LogP contribution in [-0.2, 0) is 4.74 Å². The third-order valence-corrected chi connectivity index (χ3v) is 3.31. The molecule has 5 nitrogen and oxygen atoms in total. The number of amides is 2. The highest BCUT2D eigenvalue weighted by molar-refractivity contribution is 5.74. The molecule has 1 atom stereocenters. The molecule has 136 valence electrons. The van der Waals surface area contributed by atoms with Gasteiger partial charge in [-0.3, -0.25) is 0 Å². The fraction of sp³-hybridized carbons (Fsp3) is 0.562. The van der Waals surface area contributed by atoms with Gasteiger partial charge < -0.3 is 19.7 Å². The van der Waals surface area contributed by atoms with Crippen molar-refractivity contribution >= 4 is 6.03 Å². The summed E-state index contributed by atoms with van der Waals surface area (Å²) in [4.78, 5) is 13.6. The Bertz CT molecular complexity index is 506. The minimum Gasteiger partial charge on any atom is -0.484 e. The van der Waals surface area contributed by atoms with Gasteiger partial charge in [-0.25, -0.2) is 4.79 Å². The summed E-state index contributed by atoms with van der Waals surface area (Å²) in [6, 6.07) is 5.65. The van der Waals surface area contributed by atoms with Crippen molar-refractivity contribution in [2.75, 3.05) is 33.9 Å². The van der Waals surface area contributed by atoms with Gasteiger partial charge in [0.1, 0.15) is 5.75 Å². The molecule has 0 fully saturated rings. The summed E-state index contributed by atoms with van der Waals surface area (Å²) in [5, 5.41) is 2.82. The molecule has 0 aromatic heterocycles. The van der Waals surface area contributed by atoms with E-state index in [4.69, 9.17) is 4.74 Å². The molecule has 24 heavy (non-hydrogen) atoms. The first-order chi connectivity index (χ1) is 11.2. The molecular weight excluding hydrogens is 325 g/mol. The third kappa shape index (κ3) is 7.54. The van der Waals surface area contributed by atoms with Crippen LogP contribution in [0.3, 0.4) is 0 Å². The molecule has 1 rings (SSSR count). The van der Waals surface area contributed by atoms with E-state index in [0.29, 0.717) is 13.2 Å². The maximum absolute atomic E-state index is 12.1. The molecule has 1 unspecified atom stereocenters. The van der Waals surface area contributed by atoms with Crippen LogP contribution in [0.2, 0.25) is 0 Å². The molecule has 0 aliphatic carbocycles. The smallest absolute Gasteiger partial charge is 0.422 e. The number of hydrogen-bond acceptors (Lipinski definition) is 3. The largest absolute Gasteiger partial charge is 0.484 e. The van der Waals surface area contributed by atoms with Gasteiger partial charge in [-0.1, -0.05) is 12.1 Å². The van der Waals surface area contributed by atoms with Gasteiger partial charge in [-0.05, 0) is 31.0 Å². The maximum Gasteiger partial charge on any atom is 0.422 e. The molecule has 0 bridgehead atoms. The van der Waals surface area contributed by atoms with Gasteiger partial charge in [-0.15, -0.1) is 0 Å². The van der Waals surface area contributed by atoms with E-state index in [1.54, 1.807) is 38.1 Å². The van der Waals surface area contributed by atoms with Crippen molar-refractivity contribution in [2.45, 2.75) is 25.6 Å². The molecule has 0 aliphatic heterocycles. The molecule has 1 aromatic rings. The van der Waals surface area contributed by atoms with E-state index in [1.165, 1.54) is 12.1 Å². The van der Waals surface area contributed by atoms with Crippen LogP contribution in [0.4, 0.5) is 18.0 Å². The monoisotopic (exact) mass is 348 g/mol. The highest BCUT2D eigenvalue weighted by Gasteiger charge is 2.28. The average molecular weight is 348 g/mol. The molecule has 0 heterocycles. The number of carbonyl (C=O) groups excluding carboxylic acids is 1. The van der Waals surface area contributed by atoms with Crippen molar-refractivity contribution in [1.82, 2.24) is 10.2 Å². The Balaban J connectivity index is 2.49. The summed E-state index contributed by atoms with van der Waals surface area (Å²) in [5.74, 6) is 0.131. The summed E-state index contributed by atoms with van der Waals surface area (Å²) in [6.07, 6.45) is -3.63. The summed E-state index contributed by atoms with van der Waals surface area (Å²) >= 11 is 0. The second-order valence-electron chi connectivity index (χ2n) is 5.41. The Morgan fingerprint density at radius 3 is 2.46 bits per heavy atom. The Kier molecular flexibility index (Phi) is 7.84. The first-order valence-corrected chi connectivity index (χ1v) is 7.53. The second-order valence-corrected chi connectivity index (χ2v) is 5.41. The van der Waals surface area contributed by atoms with Crippen molar-refractivity contribution in [3.63, 3.8) is 0 Å². The molecule has 1 aromatic carbocycles. The van der Waals surface area contributed by atoms with Crippen LogP contribution in [0.15, 0.2) is 24.3 Å².